The molecule has 0 aromatic heterocycles. The minimum atomic E-state index is 0.389. The van der Waals surface area contributed by atoms with Crippen LogP contribution in [0.5, 0.6) is 0 Å². The molecule has 0 saturated heterocycles. The summed E-state index contributed by atoms with van der Waals surface area (Å²) in [5.74, 6) is 0.951. The van der Waals surface area contributed by atoms with Gasteiger partial charge in [-0.25, -0.2) is 0 Å². The molecule has 0 atom stereocenters. The second-order valence-corrected chi connectivity index (χ2v) is 6.90. The van der Waals surface area contributed by atoms with Gasteiger partial charge in [0.1, 0.15) is 0 Å². The van der Waals surface area contributed by atoms with Crippen molar-refractivity contribution in [1.29, 1.82) is 0 Å². The van der Waals surface area contributed by atoms with Gasteiger partial charge in [-0.3, -0.25) is 0 Å². The molecule has 0 nitrogen and oxygen atoms in total. The van der Waals surface area contributed by atoms with E-state index in [-0.39, 0.29) is 0 Å². The number of hydrogen-bond donors (Lipinski definition) is 0. The first-order valence-electron chi connectivity index (χ1n) is 9.46. The van der Waals surface area contributed by atoms with Crippen LogP contribution < -0.4 is 0 Å². The van der Waals surface area contributed by atoms with Crippen molar-refractivity contribution in [3.05, 3.63) is 126 Å². The Balaban J connectivity index is 1.80. The van der Waals surface area contributed by atoms with Crippen molar-refractivity contribution >= 4 is 5.57 Å². The van der Waals surface area contributed by atoms with E-state index in [0.717, 1.165) is 12.8 Å². The summed E-state index contributed by atoms with van der Waals surface area (Å²) in [6.07, 6.45) is 20.2. The van der Waals surface area contributed by atoms with Crippen LogP contribution in [-0.4, -0.2) is 0 Å². The van der Waals surface area contributed by atoms with Gasteiger partial charge >= 0.3 is 0 Å². The average molecular weight is 336 g/mol. The molecule has 0 unspecified atom stereocenters. The largest absolute Gasteiger partial charge is 0.0776 e. The van der Waals surface area contributed by atoms with Crippen molar-refractivity contribution in [3.8, 4) is 0 Å². The van der Waals surface area contributed by atoms with Crippen LogP contribution in [0.25, 0.3) is 5.57 Å². The number of allylic oxidation sites excluding steroid dienone is 9. The van der Waals surface area contributed by atoms with Crippen LogP contribution in [0.1, 0.15) is 24.0 Å². The maximum Gasteiger partial charge on any atom is 0.0172 e. The molecule has 0 bridgehead atoms. The molecular formula is C26H24. The molecule has 128 valence electrons. The normalized spacial score (nSPS) is 15.8. The summed E-state index contributed by atoms with van der Waals surface area (Å²) in [4.78, 5) is 0. The first-order valence-corrected chi connectivity index (χ1v) is 9.46. The lowest BCUT2D eigenvalue weighted by atomic mass is 9.83. The summed E-state index contributed by atoms with van der Waals surface area (Å²) >= 11 is 0. The first kappa shape index (κ1) is 16.6. The lowest BCUT2D eigenvalue weighted by molar-refractivity contribution is 0.686. The standard InChI is InChI=1S/C26H24/c1-3-15-23(16-4-1)26(24-17-5-2-6-18-24)25(22-13-9-10-14-22)20-19-21-11-7-8-12-21/h1-18,21-22H,19-20H2. The summed E-state index contributed by atoms with van der Waals surface area (Å²) in [7, 11) is 0. The molecule has 0 aliphatic heterocycles. The second-order valence-electron chi connectivity index (χ2n) is 6.90. The molecule has 4 rings (SSSR count). The predicted molar refractivity (Wildman–Crippen MR) is 112 cm³/mol. The maximum atomic E-state index is 2.32. The molecule has 2 aromatic rings. The van der Waals surface area contributed by atoms with Gasteiger partial charge in [-0.1, -0.05) is 115 Å². The molecule has 0 saturated carbocycles. The molecule has 0 heteroatoms. The zero-order chi connectivity index (χ0) is 17.6. The Morgan fingerprint density at radius 3 is 1.65 bits per heavy atom. The van der Waals surface area contributed by atoms with E-state index in [9.17, 15) is 0 Å². The maximum absolute atomic E-state index is 2.32. The molecule has 2 aliphatic rings. The van der Waals surface area contributed by atoms with Crippen LogP contribution in [0.2, 0.25) is 0 Å². The van der Waals surface area contributed by atoms with E-state index < -0.39 is 0 Å². The van der Waals surface area contributed by atoms with Gasteiger partial charge in [-0.15, -0.1) is 0 Å². The highest BCUT2D eigenvalue weighted by Crippen LogP contribution is 2.36. The summed E-state index contributed by atoms with van der Waals surface area (Å²) in [6, 6.07) is 21.7. The van der Waals surface area contributed by atoms with Gasteiger partial charge in [0.2, 0.25) is 0 Å². The van der Waals surface area contributed by atoms with E-state index in [4.69, 9.17) is 0 Å². The third-order valence-corrected chi connectivity index (χ3v) is 5.17. The van der Waals surface area contributed by atoms with Gasteiger partial charge in [0.05, 0.1) is 0 Å². The highest BCUT2D eigenvalue weighted by Gasteiger charge is 2.19. The Kier molecular flexibility index (Phi) is 5.12. The van der Waals surface area contributed by atoms with Gasteiger partial charge in [0.15, 0.2) is 0 Å². The Morgan fingerprint density at radius 1 is 0.615 bits per heavy atom. The molecule has 0 amide bonds. The van der Waals surface area contributed by atoms with Crippen molar-refractivity contribution in [2.75, 3.05) is 0 Å². The first-order chi connectivity index (χ1) is 12.9. The quantitative estimate of drug-likeness (QED) is 0.547. The van der Waals surface area contributed by atoms with Gasteiger partial charge in [0, 0.05) is 5.92 Å². The Labute approximate surface area is 156 Å². The Hall–Kier alpha value is -2.86. The fourth-order valence-corrected chi connectivity index (χ4v) is 3.86. The molecule has 0 radical (unpaired) electrons. The van der Waals surface area contributed by atoms with Crippen molar-refractivity contribution in [2.24, 2.45) is 11.8 Å². The molecule has 0 heterocycles. The summed E-state index contributed by atoms with van der Waals surface area (Å²) in [5, 5.41) is 0. The third kappa shape index (κ3) is 3.70. The topological polar surface area (TPSA) is 0 Å². The second kappa shape index (κ2) is 8.01. The van der Waals surface area contributed by atoms with Gasteiger partial charge < -0.3 is 0 Å². The molecule has 2 aliphatic carbocycles. The van der Waals surface area contributed by atoms with E-state index in [1.807, 2.05) is 0 Å². The Morgan fingerprint density at radius 2 is 1.12 bits per heavy atom. The van der Waals surface area contributed by atoms with Gasteiger partial charge in [-0.05, 0) is 35.5 Å². The van der Waals surface area contributed by atoms with Crippen molar-refractivity contribution in [3.63, 3.8) is 0 Å². The highest BCUT2D eigenvalue weighted by molar-refractivity contribution is 5.83. The fraction of sp³-hybridized carbons (Fsp3) is 0.154. The summed E-state index contributed by atoms with van der Waals surface area (Å²) < 4.78 is 0. The molecular weight excluding hydrogens is 312 g/mol. The highest BCUT2D eigenvalue weighted by atomic mass is 14.2. The van der Waals surface area contributed by atoms with E-state index in [0.29, 0.717) is 11.8 Å². The molecule has 0 spiro atoms. The monoisotopic (exact) mass is 336 g/mol. The van der Waals surface area contributed by atoms with Crippen LogP contribution in [0.4, 0.5) is 0 Å². The Bertz CT molecular complexity index is 811. The van der Waals surface area contributed by atoms with Crippen molar-refractivity contribution in [1.82, 2.24) is 0 Å². The van der Waals surface area contributed by atoms with E-state index in [1.165, 1.54) is 22.3 Å². The predicted octanol–water partition coefficient (Wildman–Crippen LogP) is 6.75. The minimum absolute atomic E-state index is 0.389. The molecule has 0 N–H and O–H groups in total. The minimum Gasteiger partial charge on any atom is -0.0776 e. The molecule has 2 aromatic carbocycles. The number of hydrogen-bond acceptors (Lipinski definition) is 0. The van der Waals surface area contributed by atoms with Gasteiger partial charge in [0.25, 0.3) is 0 Å². The third-order valence-electron chi connectivity index (χ3n) is 5.17. The zero-order valence-corrected chi connectivity index (χ0v) is 15.0. The zero-order valence-electron chi connectivity index (χ0n) is 15.0. The lowest BCUT2D eigenvalue weighted by Crippen LogP contribution is -2.04. The van der Waals surface area contributed by atoms with Crippen LogP contribution in [-0.2, 0) is 0 Å². The van der Waals surface area contributed by atoms with E-state index >= 15 is 0 Å². The molecule has 0 fully saturated rings. The summed E-state index contributed by atoms with van der Waals surface area (Å²) in [6.45, 7) is 0. The lowest BCUT2D eigenvalue weighted by Gasteiger charge is -2.21. The summed E-state index contributed by atoms with van der Waals surface area (Å²) in [5.41, 5.74) is 5.51. The average Bonchev–Trinajstić information content (AvgIpc) is 3.40. The van der Waals surface area contributed by atoms with Crippen molar-refractivity contribution < 1.29 is 0 Å². The smallest absolute Gasteiger partial charge is 0.0172 e. The number of rotatable bonds is 6. The van der Waals surface area contributed by atoms with Crippen LogP contribution in [0, 0.1) is 11.8 Å². The van der Waals surface area contributed by atoms with Crippen molar-refractivity contribution in [2.45, 2.75) is 12.8 Å². The van der Waals surface area contributed by atoms with Crippen LogP contribution >= 0.6 is 0 Å². The van der Waals surface area contributed by atoms with Gasteiger partial charge in [-0.2, -0.15) is 0 Å². The van der Waals surface area contributed by atoms with E-state index in [2.05, 4.69) is 109 Å². The molecule has 26 heavy (non-hydrogen) atoms. The number of benzene rings is 2. The van der Waals surface area contributed by atoms with Crippen LogP contribution in [0.15, 0.2) is 115 Å². The SMILES string of the molecule is C1=CC(CCC(=C(c2ccccc2)c2ccccc2)C2C=CC=C2)C=C1. The van der Waals surface area contributed by atoms with Crippen LogP contribution in [0.3, 0.4) is 0 Å². The fourth-order valence-electron chi connectivity index (χ4n) is 3.86. The van der Waals surface area contributed by atoms with E-state index in [1.54, 1.807) is 0 Å².